The van der Waals surface area contributed by atoms with Crippen molar-refractivity contribution >= 4 is 0 Å². The van der Waals surface area contributed by atoms with Crippen LogP contribution in [0.5, 0.6) is 0 Å². The molecule has 1 nitrogen and oxygen atoms in total. The van der Waals surface area contributed by atoms with Crippen molar-refractivity contribution in [3.8, 4) is 0 Å². The van der Waals surface area contributed by atoms with E-state index in [9.17, 15) is 0 Å². The molecule has 0 fully saturated rings. The molecular weight excluding hydrogens is 266 g/mol. The smallest absolute Gasteiger partial charge is 0.00205 e. The SMILES string of the molecule is CCCCCCCC(CN)(CCCCCC)CCCCCC. The molecule has 0 rings (SSSR count). The third kappa shape index (κ3) is 11.5. The minimum Gasteiger partial charge on any atom is -0.330 e. The summed E-state index contributed by atoms with van der Waals surface area (Å²) < 4.78 is 0. The average molecular weight is 312 g/mol. The van der Waals surface area contributed by atoms with Gasteiger partial charge in [0.15, 0.2) is 0 Å². The zero-order valence-corrected chi connectivity index (χ0v) is 16.1. The molecule has 22 heavy (non-hydrogen) atoms. The first kappa shape index (κ1) is 22.0. The third-order valence-electron chi connectivity index (χ3n) is 5.36. The van der Waals surface area contributed by atoms with Gasteiger partial charge in [-0.25, -0.2) is 0 Å². The van der Waals surface area contributed by atoms with Crippen LogP contribution >= 0.6 is 0 Å². The Morgan fingerprint density at radius 2 is 0.818 bits per heavy atom. The predicted molar refractivity (Wildman–Crippen MR) is 102 cm³/mol. The molecule has 0 spiro atoms. The molecule has 0 atom stereocenters. The lowest BCUT2D eigenvalue weighted by Crippen LogP contribution is -2.30. The van der Waals surface area contributed by atoms with Crippen LogP contribution in [0.15, 0.2) is 0 Å². The molecular formula is C21H45N. The van der Waals surface area contributed by atoms with Crippen LogP contribution in [-0.2, 0) is 0 Å². The normalized spacial score (nSPS) is 12.0. The summed E-state index contributed by atoms with van der Waals surface area (Å²) in [6.07, 6.45) is 22.2. The van der Waals surface area contributed by atoms with Crippen molar-refractivity contribution in [2.75, 3.05) is 6.54 Å². The van der Waals surface area contributed by atoms with Gasteiger partial charge in [0.05, 0.1) is 0 Å². The molecule has 2 N–H and O–H groups in total. The quantitative estimate of drug-likeness (QED) is 0.282. The minimum atomic E-state index is 0.466. The molecule has 0 radical (unpaired) electrons. The van der Waals surface area contributed by atoms with Crippen molar-refractivity contribution in [1.29, 1.82) is 0 Å². The number of nitrogens with two attached hydrogens (primary N) is 1. The first-order valence-corrected chi connectivity index (χ1v) is 10.4. The molecule has 0 aromatic rings. The molecule has 0 aromatic carbocycles. The highest BCUT2D eigenvalue weighted by atomic mass is 14.6. The topological polar surface area (TPSA) is 26.0 Å². The molecule has 0 saturated carbocycles. The summed E-state index contributed by atoms with van der Waals surface area (Å²) in [6.45, 7) is 7.81. The van der Waals surface area contributed by atoms with E-state index in [4.69, 9.17) is 5.73 Å². The van der Waals surface area contributed by atoms with Crippen LogP contribution < -0.4 is 5.73 Å². The van der Waals surface area contributed by atoms with Crippen molar-refractivity contribution in [3.05, 3.63) is 0 Å². The molecule has 0 aliphatic carbocycles. The molecule has 134 valence electrons. The van der Waals surface area contributed by atoms with E-state index in [2.05, 4.69) is 20.8 Å². The summed E-state index contributed by atoms with van der Waals surface area (Å²) in [5.41, 5.74) is 6.74. The molecule has 0 aromatic heterocycles. The summed E-state index contributed by atoms with van der Waals surface area (Å²) in [5.74, 6) is 0. The largest absolute Gasteiger partial charge is 0.330 e. The predicted octanol–water partition coefficient (Wildman–Crippen LogP) is 7.23. The van der Waals surface area contributed by atoms with Crippen LogP contribution in [0.1, 0.15) is 124 Å². The maximum Gasteiger partial charge on any atom is -0.00205 e. The monoisotopic (exact) mass is 311 g/mol. The Labute approximate surface area is 141 Å². The maximum absolute atomic E-state index is 6.28. The Balaban J connectivity index is 4.21. The second-order valence-corrected chi connectivity index (χ2v) is 7.49. The van der Waals surface area contributed by atoms with E-state index in [1.165, 1.54) is 103 Å². The van der Waals surface area contributed by atoms with Crippen LogP contribution in [0.3, 0.4) is 0 Å². The Morgan fingerprint density at radius 1 is 0.500 bits per heavy atom. The number of rotatable bonds is 17. The maximum atomic E-state index is 6.28. The van der Waals surface area contributed by atoms with Crippen LogP contribution in [-0.4, -0.2) is 6.54 Å². The van der Waals surface area contributed by atoms with Crippen LogP contribution in [0.25, 0.3) is 0 Å². The van der Waals surface area contributed by atoms with E-state index in [1.807, 2.05) is 0 Å². The third-order valence-corrected chi connectivity index (χ3v) is 5.36. The lowest BCUT2D eigenvalue weighted by Gasteiger charge is -2.33. The molecule has 0 unspecified atom stereocenters. The summed E-state index contributed by atoms with van der Waals surface area (Å²) >= 11 is 0. The first-order chi connectivity index (χ1) is 10.7. The van der Waals surface area contributed by atoms with Crippen molar-refractivity contribution in [2.24, 2.45) is 11.1 Å². The highest BCUT2D eigenvalue weighted by molar-refractivity contribution is 4.80. The molecule has 0 aliphatic heterocycles. The van der Waals surface area contributed by atoms with E-state index in [0.29, 0.717) is 5.41 Å². The Kier molecular flexibility index (Phi) is 15.8. The number of hydrogen-bond acceptors (Lipinski definition) is 1. The van der Waals surface area contributed by atoms with Gasteiger partial charge in [-0.05, 0) is 31.2 Å². The molecule has 0 aliphatic rings. The minimum absolute atomic E-state index is 0.466. The highest BCUT2D eigenvalue weighted by Crippen LogP contribution is 2.36. The van der Waals surface area contributed by atoms with E-state index >= 15 is 0 Å². The fraction of sp³-hybridized carbons (Fsp3) is 1.00. The Morgan fingerprint density at radius 3 is 1.14 bits per heavy atom. The van der Waals surface area contributed by atoms with Gasteiger partial charge in [-0.2, -0.15) is 0 Å². The molecule has 0 amide bonds. The first-order valence-electron chi connectivity index (χ1n) is 10.4. The fourth-order valence-corrected chi connectivity index (χ4v) is 3.64. The van der Waals surface area contributed by atoms with E-state index in [0.717, 1.165) is 6.54 Å². The van der Waals surface area contributed by atoms with Gasteiger partial charge in [-0.1, -0.05) is 104 Å². The molecule has 0 saturated heterocycles. The molecule has 1 heteroatoms. The Bertz CT molecular complexity index is 200. The van der Waals surface area contributed by atoms with Gasteiger partial charge in [-0.15, -0.1) is 0 Å². The van der Waals surface area contributed by atoms with Crippen molar-refractivity contribution in [1.82, 2.24) is 0 Å². The summed E-state index contributed by atoms with van der Waals surface area (Å²) in [6, 6.07) is 0. The van der Waals surface area contributed by atoms with Gasteiger partial charge >= 0.3 is 0 Å². The molecule has 0 bridgehead atoms. The standard InChI is InChI=1S/C21H45N/c1-4-7-10-13-16-19-21(20-22,17-14-11-8-5-2)18-15-12-9-6-3/h4-20,22H2,1-3H3. The number of hydrogen-bond donors (Lipinski definition) is 1. The van der Waals surface area contributed by atoms with Crippen LogP contribution in [0, 0.1) is 5.41 Å². The average Bonchev–Trinajstić information content (AvgIpc) is 2.54. The van der Waals surface area contributed by atoms with Gasteiger partial charge in [0.1, 0.15) is 0 Å². The zero-order chi connectivity index (χ0) is 16.5. The second-order valence-electron chi connectivity index (χ2n) is 7.49. The second kappa shape index (κ2) is 15.8. The van der Waals surface area contributed by atoms with Crippen molar-refractivity contribution in [3.63, 3.8) is 0 Å². The van der Waals surface area contributed by atoms with Crippen LogP contribution in [0.2, 0.25) is 0 Å². The van der Waals surface area contributed by atoms with Crippen molar-refractivity contribution < 1.29 is 0 Å². The summed E-state index contributed by atoms with van der Waals surface area (Å²) in [7, 11) is 0. The number of unbranched alkanes of at least 4 members (excludes halogenated alkanes) is 10. The van der Waals surface area contributed by atoms with E-state index in [-0.39, 0.29) is 0 Å². The summed E-state index contributed by atoms with van der Waals surface area (Å²) in [5, 5.41) is 0. The fourth-order valence-electron chi connectivity index (χ4n) is 3.64. The van der Waals surface area contributed by atoms with Gasteiger partial charge in [0, 0.05) is 0 Å². The highest BCUT2D eigenvalue weighted by Gasteiger charge is 2.26. The van der Waals surface area contributed by atoms with Gasteiger partial charge in [0.25, 0.3) is 0 Å². The lowest BCUT2D eigenvalue weighted by atomic mass is 9.74. The van der Waals surface area contributed by atoms with E-state index in [1.54, 1.807) is 0 Å². The van der Waals surface area contributed by atoms with E-state index < -0.39 is 0 Å². The van der Waals surface area contributed by atoms with Crippen molar-refractivity contribution in [2.45, 2.75) is 124 Å². The van der Waals surface area contributed by atoms with Crippen LogP contribution in [0.4, 0.5) is 0 Å². The van der Waals surface area contributed by atoms with Gasteiger partial charge in [-0.3, -0.25) is 0 Å². The lowest BCUT2D eigenvalue weighted by molar-refractivity contribution is 0.205. The van der Waals surface area contributed by atoms with Gasteiger partial charge in [0.2, 0.25) is 0 Å². The van der Waals surface area contributed by atoms with Gasteiger partial charge < -0.3 is 5.73 Å². The Hall–Kier alpha value is -0.0400. The zero-order valence-electron chi connectivity index (χ0n) is 16.1. The summed E-state index contributed by atoms with van der Waals surface area (Å²) in [4.78, 5) is 0. The molecule has 0 heterocycles.